The van der Waals surface area contributed by atoms with Gasteiger partial charge in [0.05, 0.1) is 18.1 Å². The minimum Gasteiger partial charge on any atom is -0.339 e. The number of amides is 1. The monoisotopic (exact) mass is 275 g/mol. The third-order valence-electron chi connectivity index (χ3n) is 3.69. The minimum absolute atomic E-state index is 0.00173. The van der Waals surface area contributed by atoms with E-state index in [0.717, 1.165) is 26.2 Å². The first-order chi connectivity index (χ1) is 8.48. The van der Waals surface area contributed by atoms with Gasteiger partial charge >= 0.3 is 0 Å². The highest BCUT2D eigenvalue weighted by Crippen LogP contribution is 2.16. The Hall–Kier alpha value is -0.660. The Bertz CT molecular complexity index is 404. The maximum atomic E-state index is 12.0. The van der Waals surface area contributed by atoms with Crippen molar-refractivity contribution in [3.8, 4) is 0 Å². The maximum Gasteiger partial charge on any atom is 0.236 e. The number of carbonyl (C=O) groups is 1. The fourth-order valence-corrected chi connectivity index (χ4v) is 4.28. The highest BCUT2D eigenvalue weighted by Gasteiger charge is 2.31. The van der Waals surface area contributed by atoms with E-state index in [0.29, 0.717) is 13.0 Å². The quantitative estimate of drug-likeness (QED) is 0.681. The molecule has 0 saturated carbocycles. The molecule has 0 bridgehead atoms. The van der Waals surface area contributed by atoms with Gasteiger partial charge < -0.3 is 10.2 Å². The largest absolute Gasteiger partial charge is 0.339 e. The fraction of sp³-hybridized carbons (Fsp3) is 0.909. The summed E-state index contributed by atoms with van der Waals surface area (Å²) in [7, 11) is -1.04. The zero-order valence-corrected chi connectivity index (χ0v) is 11.6. The van der Waals surface area contributed by atoms with Crippen LogP contribution in [-0.2, 0) is 14.6 Å². The first-order valence-corrected chi connectivity index (χ1v) is 8.19. The van der Waals surface area contributed by atoms with E-state index in [2.05, 4.69) is 5.32 Å². The molecule has 1 N–H and O–H groups in total. The lowest BCUT2D eigenvalue weighted by Crippen LogP contribution is -2.50. The predicted octanol–water partition coefficient (Wildman–Crippen LogP) is -1.46. The molecule has 1 amide bonds. The summed E-state index contributed by atoms with van der Waals surface area (Å²) < 4.78 is 22.8. The van der Waals surface area contributed by atoms with Gasteiger partial charge in [0, 0.05) is 32.2 Å². The third kappa shape index (κ3) is 3.43. The molecule has 2 fully saturated rings. The molecule has 2 saturated heterocycles. The van der Waals surface area contributed by atoms with Crippen LogP contribution in [0.3, 0.4) is 0 Å². The average Bonchev–Trinajstić information content (AvgIpc) is 2.71. The molecule has 2 aliphatic rings. The number of piperazine rings is 1. The highest BCUT2D eigenvalue weighted by molar-refractivity contribution is 7.91. The zero-order valence-electron chi connectivity index (χ0n) is 10.8. The number of nitrogens with zero attached hydrogens (tertiary/aromatic N) is 2. The molecular formula is C11H21N3O3S. The van der Waals surface area contributed by atoms with Gasteiger partial charge in [-0.1, -0.05) is 0 Å². The van der Waals surface area contributed by atoms with Crippen LogP contribution in [0, 0.1) is 0 Å². The van der Waals surface area contributed by atoms with Gasteiger partial charge in [0.2, 0.25) is 5.91 Å². The van der Waals surface area contributed by atoms with Crippen molar-refractivity contribution in [2.45, 2.75) is 12.5 Å². The molecule has 1 atom stereocenters. The second kappa shape index (κ2) is 5.54. The lowest BCUT2D eigenvalue weighted by atomic mass is 10.2. The molecule has 7 heteroatoms. The van der Waals surface area contributed by atoms with Crippen LogP contribution in [0.4, 0.5) is 0 Å². The van der Waals surface area contributed by atoms with E-state index in [9.17, 15) is 13.2 Å². The molecule has 0 spiro atoms. The first-order valence-electron chi connectivity index (χ1n) is 6.37. The van der Waals surface area contributed by atoms with Crippen LogP contribution in [0.2, 0.25) is 0 Å². The van der Waals surface area contributed by atoms with E-state index < -0.39 is 9.84 Å². The lowest BCUT2D eigenvalue weighted by molar-refractivity contribution is -0.133. The predicted molar refractivity (Wildman–Crippen MR) is 69.1 cm³/mol. The lowest BCUT2D eigenvalue weighted by Gasteiger charge is -2.30. The number of sulfone groups is 1. The molecule has 0 aliphatic carbocycles. The van der Waals surface area contributed by atoms with E-state index >= 15 is 0 Å². The molecular weight excluding hydrogens is 254 g/mol. The summed E-state index contributed by atoms with van der Waals surface area (Å²) in [5.41, 5.74) is 0. The summed E-state index contributed by atoms with van der Waals surface area (Å²) in [5, 5.41) is 3.20. The van der Waals surface area contributed by atoms with E-state index in [-0.39, 0.29) is 23.5 Å². The van der Waals surface area contributed by atoms with Gasteiger partial charge in [-0.3, -0.25) is 9.69 Å². The molecule has 104 valence electrons. The summed E-state index contributed by atoms with van der Waals surface area (Å²) in [6.07, 6.45) is 0.646. The van der Waals surface area contributed by atoms with E-state index in [1.807, 2.05) is 16.8 Å². The molecule has 2 aliphatic heterocycles. The van der Waals surface area contributed by atoms with Crippen molar-refractivity contribution in [3.05, 3.63) is 0 Å². The standard InChI is InChI=1S/C11H21N3O3S/c1-13(10-2-7-18(16,17)9-10)8-11(15)14-5-3-12-4-6-14/h10,12H,2-9H2,1H3. The molecule has 2 heterocycles. The van der Waals surface area contributed by atoms with Gasteiger partial charge in [0.15, 0.2) is 9.84 Å². The Morgan fingerprint density at radius 1 is 1.39 bits per heavy atom. The zero-order chi connectivity index (χ0) is 13.2. The van der Waals surface area contributed by atoms with Crippen molar-refractivity contribution in [1.82, 2.24) is 15.1 Å². The Morgan fingerprint density at radius 2 is 2.06 bits per heavy atom. The smallest absolute Gasteiger partial charge is 0.236 e. The van der Waals surface area contributed by atoms with Crippen molar-refractivity contribution in [3.63, 3.8) is 0 Å². The number of rotatable bonds is 3. The number of nitrogens with one attached hydrogen (secondary N) is 1. The molecule has 0 radical (unpaired) electrons. The maximum absolute atomic E-state index is 12.0. The molecule has 2 rings (SSSR count). The Kier molecular flexibility index (Phi) is 4.24. The van der Waals surface area contributed by atoms with Crippen LogP contribution in [0.25, 0.3) is 0 Å². The number of hydrogen-bond donors (Lipinski definition) is 1. The summed E-state index contributed by atoms with van der Waals surface area (Å²) in [6.45, 7) is 3.49. The topological polar surface area (TPSA) is 69.7 Å². The van der Waals surface area contributed by atoms with Crippen LogP contribution in [0.1, 0.15) is 6.42 Å². The summed E-state index contributed by atoms with van der Waals surface area (Å²) in [4.78, 5) is 15.8. The van der Waals surface area contributed by atoms with Gasteiger partial charge in [-0.15, -0.1) is 0 Å². The Balaban J connectivity index is 1.83. The minimum atomic E-state index is -2.88. The van der Waals surface area contributed by atoms with Crippen LogP contribution >= 0.6 is 0 Å². The molecule has 6 nitrogen and oxygen atoms in total. The summed E-state index contributed by atoms with van der Waals surface area (Å²) >= 11 is 0. The Morgan fingerprint density at radius 3 is 2.61 bits per heavy atom. The summed E-state index contributed by atoms with van der Waals surface area (Å²) in [5.74, 6) is 0.547. The number of hydrogen-bond acceptors (Lipinski definition) is 5. The van der Waals surface area contributed by atoms with Crippen molar-refractivity contribution >= 4 is 15.7 Å². The normalized spacial score (nSPS) is 27.7. The van der Waals surface area contributed by atoms with Gasteiger partial charge in [-0.2, -0.15) is 0 Å². The van der Waals surface area contributed by atoms with E-state index in [4.69, 9.17) is 0 Å². The van der Waals surface area contributed by atoms with E-state index in [1.54, 1.807) is 0 Å². The second-order valence-electron chi connectivity index (χ2n) is 5.10. The fourth-order valence-electron chi connectivity index (χ4n) is 2.48. The highest BCUT2D eigenvalue weighted by atomic mass is 32.2. The van der Waals surface area contributed by atoms with Crippen LogP contribution in [-0.4, -0.2) is 81.4 Å². The van der Waals surface area contributed by atoms with Crippen LogP contribution in [0.5, 0.6) is 0 Å². The molecule has 0 aromatic carbocycles. The SMILES string of the molecule is CN(CC(=O)N1CCNCC1)C1CCS(=O)(=O)C1. The number of carbonyl (C=O) groups excluding carboxylic acids is 1. The van der Waals surface area contributed by atoms with Gasteiger partial charge in [-0.25, -0.2) is 8.42 Å². The van der Waals surface area contributed by atoms with Crippen molar-refractivity contribution in [1.29, 1.82) is 0 Å². The van der Waals surface area contributed by atoms with E-state index in [1.165, 1.54) is 0 Å². The number of likely N-dealkylation sites (N-methyl/N-ethyl adjacent to an activating group) is 1. The molecule has 1 unspecified atom stereocenters. The summed E-state index contributed by atoms with van der Waals surface area (Å²) in [6, 6.07) is 0.00173. The van der Waals surface area contributed by atoms with Crippen molar-refractivity contribution in [2.24, 2.45) is 0 Å². The Labute approximate surface area is 108 Å². The van der Waals surface area contributed by atoms with Crippen molar-refractivity contribution in [2.75, 3.05) is 51.3 Å². The molecule has 0 aromatic heterocycles. The van der Waals surface area contributed by atoms with Gasteiger partial charge in [-0.05, 0) is 13.5 Å². The van der Waals surface area contributed by atoms with Crippen molar-refractivity contribution < 1.29 is 13.2 Å². The van der Waals surface area contributed by atoms with Gasteiger partial charge in [0.25, 0.3) is 0 Å². The third-order valence-corrected chi connectivity index (χ3v) is 5.44. The first kappa shape index (κ1) is 13.8. The second-order valence-corrected chi connectivity index (χ2v) is 7.33. The van der Waals surface area contributed by atoms with Gasteiger partial charge in [0.1, 0.15) is 0 Å². The molecule has 0 aromatic rings. The average molecular weight is 275 g/mol. The molecule has 18 heavy (non-hydrogen) atoms. The van der Waals surface area contributed by atoms with Crippen LogP contribution in [0.15, 0.2) is 0 Å². The van der Waals surface area contributed by atoms with Crippen LogP contribution < -0.4 is 5.32 Å².